The van der Waals surface area contributed by atoms with E-state index in [0.29, 0.717) is 23.2 Å². The van der Waals surface area contributed by atoms with Gasteiger partial charge in [0.15, 0.2) is 5.76 Å². The van der Waals surface area contributed by atoms with Crippen LogP contribution >= 0.6 is 0 Å². The Bertz CT molecular complexity index is 833. The van der Waals surface area contributed by atoms with Crippen molar-refractivity contribution in [2.24, 2.45) is 0 Å². The molecule has 9 nitrogen and oxygen atoms in total. The first-order valence-corrected chi connectivity index (χ1v) is 9.51. The SMILES string of the molecule is COC1OC(=O)c2ccccc21.COCC1CCCO1.COCc1oc(=O)oc1C. The average molecular weight is 424 g/mol. The molecule has 9 heteroatoms. The van der Waals surface area contributed by atoms with Gasteiger partial charge in [-0.2, -0.15) is 0 Å². The van der Waals surface area contributed by atoms with Crippen LogP contribution in [0.2, 0.25) is 0 Å². The lowest BCUT2D eigenvalue weighted by Crippen LogP contribution is -2.11. The number of methoxy groups -OCH3 is 3. The smallest absolute Gasteiger partial charge is 0.428 e. The number of hydrogen-bond acceptors (Lipinski definition) is 9. The number of esters is 1. The van der Waals surface area contributed by atoms with Gasteiger partial charge < -0.3 is 32.5 Å². The topological polar surface area (TPSA) is 107 Å². The number of benzene rings is 1. The highest BCUT2D eigenvalue weighted by atomic mass is 16.7. The summed E-state index contributed by atoms with van der Waals surface area (Å²) in [6, 6.07) is 7.22. The van der Waals surface area contributed by atoms with Crippen LogP contribution in [0.25, 0.3) is 0 Å². The molecule has 166 valence electrons. The van der Waals surface area contributed by atoms with E-state index in [2.05, 4.69) is 8.83 Å². The van der Waals surface area contributed by atoms with Gasteiger partial charge in [-0.3, -0.25) is 0 Å². The average Bonchev–Trinajstić information content (AvgIpc) is 3.44. The first kappa shape index (κ1) is 23.8. The number of fused-ring (bicyclic) bond motifs is 1. The lowest BCUT2D eigenvalue weighted by molar-refractivity contribution is -0.0815. The highest BCUT2D eigenvalue weighted by molar-refractivity contribution is 5.93. The molecule has 3 heterocycles. The molecule has 1 fully saturated rings. The summed E-state index contributed by atoms with van der Waals surface area (Å²) < 4.78 is 34.0. The Kier molecular flexibility index (Phi) is 9.75. The molecule has 1 aromatic carbocycles. The summed E-state index contributed by atoms with van der Waals surface area (Å²) in [6.45, 7) is 3.62. The Hall–Kier alpha value is -2.46. The molecular formula is C21H28O9. The molecule has 2 aromatic rings. The van der Waals surface area contributed by atoms with Gasteiger partial charge >= 0.3 is 11.8 Å². The zero-order valence-corrected chi connectivity index (χ0v) is 17.7. The Morgan fingerprint density at radius 3 is 2.40 bits per heavy atom. The summed E-state index contributed by atoms with van der Waals surface area (Å²) >= 11 is 0. The minimum atomic E-state index is -0.676. The molecule has 0 radical (unpaired) electrons. The second kappa shape index (κ2) is 12.3. The molecule has 4 rings (SSSR count). The summed E-state index contributed by atoms with van der Waals surface area (Å²) in [5, 5.41) is 0. The van der Waals surface area contributed by atoms with Crippen molar-refractivity contribution in [3.8, 4) is 0 Å². The molecular weight excluding hydrogens is 396 g/mol. The number of carbonyl (C=O) groups excluding carboxylic acids is 1. The van der Waals surface area contributed by atoms with Crippen LogP contribution in [0.3, 0.4) is 0 Å². The fourth-order valence-corrected chi connectivity index (χ4v) is 2.89. The molecule has 0 spiro atoms. The molecule has 0 amide bonds. The van der Waals surface area contributed by atoms with Crippen LogP contribution < -0.4 is 5.82 Å². The normalized spacial score (nSPS) is 19.3. The molecule has 1 aromatic heterocycles. The summed E-state index contributed by atoms with van der Waals surface area (Å²) in [5.74, 6) is -0.0543. The summed E-state index contributed by atoms with van der Waals surface area (Å²) in [6.07, 6.45) is 2.25. The van der Waals surface area contributed by atoms with E-state index in [9.17, 15) is 9.59 Å². The molecule has 1 saturated heterocycles. The molecule has 30 heavy (non-hydrogen) atoms. The van der Waals surface area contributed by atoms with Crippen molar-refractivity contribution in [2.45, 2.75) is 38.8 Å². The first-order chi connectivity index (χ1) is 14.5. The van der Waals surface area contributed by atoms with Gasteiger partial charge in [-0.15, -0.1) is 0 Å². The molecule has 0 bridgehead atoms. The highest BCUT2D eigenvalue weighted by Crippen LogP contribution is 2.30. The van der Waals surface area contributed by atoms with Gasteiger partial charge in [0.2, 0.25) is 6.29 Å². The van der Waals surface area contributed by atoms with E-state index in [0.717, 1.165) is 18.8 Å². The number of hydrogen-bond donors (Lipinski definition) is 0. The standard InChI is InChI=1S/C9H8O3.C6H8O4.C6H12O2/c1-11-9-7-5-3-2-4-6(7)8(10)12-9;1-4-5(3-8-2)10-6(7)9-4;1-7-5-6-3-2-4-8-6/h2-5,9H,1H3;3H2,1-2H3;6H,2-5H2,1H3. The first-order valence-electron chi connectivity index (χ1n) is 9.51. The Balaban J connectivity index is 0.000000164. The van der Waals surface area contributed by atoms with Crippen molar-refractivity contribution in [1.29, 1.82) is 0 Å². The van der Waals surface area contributed by atoms with Gasteiger partial charge in [-0.25, -0.2) is 9.59 Å². The predicted octanol–water partition coefficient (Wildman–Crippen LogP) is 3.00. The van der Waals surface area contributed by atoms with Crippen LogP contribution in [0.15, 0.2) is 37.9 Å². The molecule has 0 saturated carbocycles. The van der Waals surface area contributed by atoms with Gasteiger partial charge in [0, 0.05) is 33.5 Å². The molecule has 2 aliphatic heterocycles. The quantitative estimate of drug-likeness (QED) is 0.670. The van der Waals surface area contributed by atoms with Gasteiger partial charge in [0.05, 0.1) is 18.3 Å². The maximum absolute atomic E-state index is 11.1. The van der Waals surface area contributed by atoms with Crippen LogP contribution in [0.4, 0.5) is 0 Å². The van der Waals surface area contributed by atoms with E-state index in [1.807, 2.05) is 12.1 Å². The third-order valence-corrected chi connectivity index (χ3v) is 4.35. The molecule has 0 aliphatic carbocycles. The van der Waals surface area contributed by atoms with E-state index in [-0.39, 0.29) is 12.6 Å². The fourth-order valence-electron chi connectivity index (χ4n) is 2.89. The van der Waals surface area contributed by atoms with E-state index in [1.165, 1.54) is 27.1 Å². The van der Waals surface area contributed by atoms with E-state index in [1.54, 1.807) is 26.2 Å². The number of aryl methyl sites for hydroxylation is 1. The zero-order valence-electron chi connectivity index (χ0n) is 17.7. The maximum Gasteiger partial charge on any atom is 0.519 e. The molecule has 2 aliphatic rings. The molecule has 2 atom stereocenters. The predicted molar refractivity (Wildman–Crippen MR) is 105 cm³/mol. The summed E-state index contributed by atoms with van der Waals surface area (Å²) in [5.41, 5.74) is 1.41. The Morgan fingerprint density at radius 2 is 1.83 bits per heavy atom. The number of rotatable bonds is 5. The third kappa shape index (κ3) is 6.81. The van der Waals surface area contributed by atoms with Crippen LogP contribution in [-0.4, -0.2) is 46.6 Å². The summed E-state index contributed by atoms with van der Waals surface area (Å²) in [7, 11) is 4.74. The van der Waals surface area contributed by atoms with Gasteiger partial charge in [0.1, 0.15) is 12.4 Å². The largest absolute Gasteiger partial charge is 0.519 e. The van der Waals surface area contributed by atoms with E-state index >= 15 is 0 Å². The lowest BCUT2D eigenvalue weighted by atomic mass is 10.1. The van der Waals surface area contributed by atoms with E-state index in [4.69, 9.17) is 23.7 Å². The monoisotopic (exact) mass is 424 g/mol. The van der Waals surface area contributed by atoms with Crippen LogP contribution in [0.1, 0.15) is 46.6 Å². The maximum atomic E-state index is 11.1. The number of ether oxygens (including phenoxy) is 5. The van der Waals surface area contributed by atoms with Gasteiger partial charge in [0.25, 0.3) is 0 Å². The third-order valence-electron chi connectivity index (χ3n) is 4.35. The van der Waals surface area contributed by atoms with Crippen molar-refractivity contribution in [2.75, 3.05) is 34.5 Å². The van der Waals surface area contributed by atoms with Crippen LogP contribution in [0.5, 0.6) is 0 Å². The second-order valence-electron chi connectivity index (χ2n) is 6.52. The summed E-state index contributed by atoms with van der Waals surface area (Å²) in [4.78, 5) is 21.5. The zero-order chi connectivity index (χ0) is 21.9. The lowest BCUT2D eigenvalue weighted by Gasteiger charge is -2.06. The second-order valence-corrected chi connectivity index (χ2v) is 6.52. The Morgan fingerprint density at radius 1 is 1.07 bits per heavy atom. The van der Waals surface area contributed by atoms with Crippen LogP contribution in [0, 0.1) is 6.92 Å². The van der Waals surface area contributed by atoms with Crippen LogP contribution in [-0.2, 0) is 30.3 Å². The molecule has 2 unspecified atom stereocenters. The number of cyclic esters (lactones) is 1. The minimum absolute atomic E-state index is 0.275. The van der Waals surface area contributed by atoms with Crippen molar-refractivity contribution in [3.05, 3.63) is 57.5 Å². The van der Waals surface area contributed by atoms with Gasteiger partial charge in [-0.05, 0) is 25.8 Å². The van der Waals surface area contributed by atoms with Crippen molar-refractivity contribution < 1.29 is 37.3 Å². The minimum Gasteiger partial charge on any atom is -0.428 e. The highest BCUT2D eigenvalue weighted by Gasteiger charge is 2.29. The van der Waals surface area contributed by atoms with Gasteiger partial charge in [-0.1, -0.05) is 18.2 Å². The van der Waals surface area contributed by atoms with Crippen molar-refractivity contribution in [1.82, 2.24) is 0 Å². The Labute approximate surface area is 174 Å². The fraction of sp³-hybridized carbons (Fsp3) is 0.524. The van der Waals surface area contributed by atoms with Crippen molar-refractivity contribution >= 4 is 5.97 Å². The van der Waals surface area contributed by atoms with E-state index < -0.39 is 12.1 Å². The number of carbonyl (C=O) groups is 1. The molecule has 0 N–H and O–H groups in total. The van der Waals surface area contributed by atoms with Crippen molar-refractivity contribution in [3.63, 3.8) is 0 Å².